The molecule has 1 aliphatic heterocycles. The maximum Gasteiger partial charge on any atom is 0.252 e. The molecular formula is C19H26BrFN2O2. The molecule has 1 fully saturated rings. The molecule has 0 bridgehead atoms. The van der Waals surface area contributed by atoms with Gasteiger partial charge in [-0.3, -0.25) is 9.59 Å². The molecule has 138 valence electrons. The topological polar surface area (TPSA) is 49.4 Å². The summed E-state index contributed by atoms with van der Waals surface area (Å²) in [7, 11) is 0. The number of halogens is 2. The third kappa shape index (κ3) is 6.10. The van der Waals surface area contributed by atoms with Gasteiger partial charge in [-0.15, -0.1) is 0 Å². The van der Waals surface area contributed by atoms with Gasteiger partial charge in [-0.25, -0.2) is 4.39 Å². The molecule has 1 unspecified atom stereocenters. The largest absolute Gasteiger partial charge is 0.351 e. The number of likely N-dealkylation sites (tertiary alicyclic amines) is 1. The fraction of sp³-hybridized carbons (Fsp3) is 0.579. The molecule has 1 aromatic carbocycles. The van der Waals surface area contributed by atoms with Crippen molar-refractivity contribution in [3.05, 3.63) is 34.1 Å². The zero-order valence-corrected chi connectivity index (χ0v) is 16.3. The van der Waals surface area contributed by atoms with Crippen LogP contribution >= 0.6 is 15.9 Å². The van der Waals surface area contributed by atoms with Crippen molar-refractivity contribution < 1.29 is 14.0 Å². The van der Waals surface area contributed by atoms with Gasteiger partial charge in [0.2, 0.25) is 5.91 Å². The van der Waals surface area contributed by atoms with Gasteiger partial charge in [0.05, 0.1) is 5.56 Å². The van der Waals surface area contributed by atoms with Gasteiger partial charge in [-0.2, -0.15) is 0 Å². The molecule has 0 saturated carbocycles. The number of carbonyl (C=O) groups excluding carboxylic acids is 2. The molecule has 4 nitrogen and oxygen atoms in total. The second-order valence-corrected chi connectivity index (χ2v) is 7.45. The first-order valence-electron chi connectivity index (χ1n) is 9.02. The van der Waals surface area contributed by atoms with Gasteiger partial charge in [0.15, 0.2) is 0 Å². The summed E-state index contributed by atoms with van der Waals surface area (Å²) in [6.45, 7) is 4.08. The fourth-order valence-corrected chi connectivity index (χ4v) is 3.75. The number of nitrogens with one attached hydrogen (secondary N) is 1. The van der Waals surface area contributed by atoms with Gasteiger partial charge in [0.25, 0.3) is 5.91 Å². The van der Waals surface area contributed by atoms with Crippen LogP contribution in [-0.2, 0) is 4.79 Å². The number of amides is 2. The molecule has 1 aliphatic rings. The summed E-state index contributed by atoms with van der Waals surface area (Å²) in [5.41, 5.74) is 0.240. The van der Waals surface area contributed by atoms with E-state index in [9.17, 15) is 14.0 Å². The summed E-state index contributed by atoms with van der Waals surface area (Å²) in [6.07, 6.45) is 6.03. The average molecular weight is 413 g/mol. The molecule has 0 spiro atoms. The smallest absolute Gasteiger partial charge is 0.252 e. The highest BCUT2D eigenvalue weighted by molar-refractivity contribution is 9.10. The van der Waals surface area contributed by atoms with Gasteiger partial charge in [-0.1, -0.05) is 19.8 Å². The van der Waals surface area contributed by atoms with Crippen LogP contribution < -0.4 is 5.32 Å². The summed E-state index contributed by atoms with van der Waals surface area (Å²) in [6, 6.07) is 3.97. The number of carbonyl (C=O) groups is 2. The fourth-order valence-electron chi connectivity index (χ4n) is 3.32. The quantitative estimate of drug-likeness (QED) is 0.762. The predicted octanol–water partition coefficient (Wildman–Crippen LogP) is 4.14. The summed E-state index contributed by atoms with van der Waals surface area (Å²) in [5, 5.41) is 2.70. The molecule has 1 saturated heterocycles. The number of rotatable bonds is 6. The minimum absolute atomic E-state index is 0.0794. The van der Waals surface area contributed by atoms with Crippen molar-refractivity contribution >= 4 is 27.7 Å². The van der Waals surface area contributed by atoms with Crippen LogP contribution in [0.5, 0.6) is 0 Å². The molecule has 1 N–H and O–H groups in total. The third-order valence-electron chi connectivity index (χ3n) is 4.69. The molecule has 0 aromatic heterocycles. The van der Waals surface area contributed by atoms with Crippen molar-refractivity contribution in [1.29, 1.82) is 0 Å². The number of benzene rings is 1. The lowest BCUT2D eigenvalue weighted by Gasteiger charge is -2.21. The highest BCUT2D eigenvalue weighted by atomic mass is 79.9. The van der Waals surface area contributed by atoms with E-state index in [1.807, 2.05) is 4.90 Å². The molecule has 0 aliphatic carbocycles. The lowest BCUT2D eigenvalue weighted by atomic mass is 9.96. The summed E-state index contributed by atoms with van der Waals surface area (Å²) in [5.74, 6) is -0.0303. The van der Waals surface area contributed by atoms with Crippen LogP contribution in [0, 0.1) is 11.7 Å². The van der Waals surface area contributed by atoms with Crippen LogP contribution in [0.1, 0.15) is 55.8 Å². The minimum atomic E-state index is -0.462. The van der Waals surface area contributed by atoms with Crippen molar-refractivity contribution in [1.82, 2.24) is 10.2 Å². The second-order valence-electron chi connectivity index (χ2n) is 6.60. The first-order chi connectivity index (χ1) is 12.0. The standard InChI is InChI=1S/C19H26BrFN2O2/c1-2-4-14-5-3-11-23(12-9-14)18(24)8-10-22-19(25)16-13-15(21)6-7-17(16)20/h6-7,13-14H,2-5,8-12H2,1H3,(H,22,25). The van der Waals surface area contributed by atoms with Gasteiger partial charge < -0.3 is 10.2 Å². The Kier molecular flexibility index (Phi) is 7.88. The molecular weight excluding hydrogens is 387 g/mol. The number of hydrogen-bond donors (Lipinski definition) is 1. The van der Waals surface area contributed by atoms with Crippen molar-refractivity contribution in [3.8, 4) is 0 Å². The van der Waals surface area contributed by atoms with Crippen molar-refractivity contribution in [2.75, 3.05) is 19.6 Å². The zero-order valence-electron chi connectivity index (χ0n) is 14.7. The Hall–Kier alpha value is -1.43. The number of hydrogen-bond acceptors (Lipinski definition) is 2. The molecule has 25 heavy (non-hydrogen) atoms. The van der Waals surface area contributed by atoms with Crippen LogP contribution in [0.25, 0.3) is 0 Å². The Labute approximate surface area is 157 Å². The van der Waals surface area contributed by atoms with Crippen LogP contribution in [0.15, 0.2) is 22.7 Å². The van der Waals surface area contributed by atoms with E-state index in [-0.39, 0.29) is 30.3 Å². The molecule has 2 amide bonds. The highest BCUT2D eigenvalue weighted by Crippen LogP contribution is 2.22. The third-order valence-corrected chi connectivity index (χ3v) is 5.39. The first kappa shape index (κ1) is 19.9. The Bertz CT molecular complexity index is 609. The molecule has 6 heteroatoms. The van der Waals surface area contributed by atoms with Gasteiger partial charge >= 0.3 is 0 Å². The number of nitrogens with zero attached hydrogens (tertiary/aromatic N) is 1. The van der Waals surface area contributed by atoms with E-state index in [0.717, 1.165) is 31.8 Å². The van der Waals surface area contributed by atoms with Gasteiger partial charge in [-0.05, 0) is 59.3 Å². The Morgan fingerprint density at radius 2 is 2.12 bits per heavy atom. The van der Waals surface area contributed by atoms with E-state index >= 15 is 0 Å². The van der Waals surface area contributed by atoms with Crippen molar-refractivity contribution in [2.45, 2.75) is 45.4 Å². The SMILES string of the molecule is CCCC1CCCN(C(=O)CCNC(=O)c2cc(F)ccc2Br)CC1. The Morgan fingerprint density at radius 3 is 2.88 bits per heavy atom. The van der Waals surface area contributed by atoms with Crippen LogP contribution in [0.4, 0.5) is 4.39 Å². The first-order valence-corrected chi connectivity index (χ1v) is 9.81. The maximum absolute atomic E-state index is 13.3. The van der Waals surface area contributed by atoms with Crippen molar-refractivity contribution in [3.63, 3.8) is 0 Å². The Balaban J connectivity index is 1.78. The van der Waals surface area contributed by atoms with E-state index < -0.39 is 5.82 Å². The highest BCUT2D eigenvalue weighted by Gasteiger charge is 2.20. The lowest BCUT2D eigenvalue weighted by molar-refractivity contribution is -0.131. The maximum atomic E-state index is 13.3. The monoisotopic (exact) mass is 412 g/mol. The zero-order chi connectivity index (χ0) is 18.2. The Morgan fingerprint density at radius 1 is 1.32 bits per heavy atom. The molecule has 0 radical (unpaired) electrons. The van der Waals surface area contributed by atoms with E-state index in [0.29, 0.717) is 4.47 Å². The molecule has 1 aromatic rings. The van der Waals surface area contributed by atoms with Crippen LogP contribution in [-0.4, -0.2) is 36.3 Å². The van der Waals surface area contributed by atoms with Crippen LogP contribution in [0.3, 0.4) is 0 Å². The molecule has 1 atom stereocenters. The predicted molar refractivity (Wildman–Crippen MR) is 99.9 cm³/mol. The van der Waals surface area contributed by atoms with E-state index in [1.54, 1.807) is 0 Å². The van der Waals surface area contributed by atoms with Crippen molar-refractivity contribution in [2.24, 2.45) is 5.92 Å². The normalized spacial score (nSPS) is 17.9. The summed E-state index contributed by atoms with van der Waals surface area (Å²) < 4.78 is 13.8. The molecule has 2 rings (SSSR count). The average Bonchev–Trinajstić information content (AvgIpc) is 2.83. The van der Waals surface area contributed by atoms with Gasteiger partial charge in [0.1, 0.15) is 5.82 Å². The molecule has 1 heterocycles. The second kappa shape index (κ2) is 9.90. The van der Waals surface area contributed by atoms with E-state index in [4.69, 9.17) is 0 Å². The van der Waals surface area contributed by atoms with E-state index in [1.165, 1.54) is 37.5 Å². The minimum Gasteiger partial charge on any atom is -0.351 e. The lowest BCUT2D eigenvalue weighted by Crippen LogP contribution is -2.35. The summed E-state index contributed by atoms with van der Waals surface area (Å²) in [4.78, 5) is 26.4. The van der Waals surface area contributed by atoms with E-state index in [2.05, 4.69) is 28.2 Å². The van der Waals surface area contributed by atoms with Gasteiger partial charge in [0, 0.05) is 30.5 Å². The van der Waals surface area contributed by atoms with Crippen LogP contribution in [0.2, 0.25) is 0 Å². The summed E-state index contributed by atoms with van der Waals surface area (Å²) >= 11 is 3.24.